The maximum absolute atomic E-state index is 10.9. The molecule has 0 spiro atoms. The van der Waals surface area contributed by atoms with Gasteiger partial charge in [0.15, 0.2) is 0 Å². The highest BCUT2D eigenvalue weighted by atomic mass is 16.5. The molecule has 0 saturated heterocycles. The third-order valence-corrected chi connectivity index (χ3v) is 1.21. The van der Waals surface area contributed by atoms with Crippen molar-refractivity contribution in [1.82, 2.24) is 4.90 Å². The molecule has 0 saturated carbocycles. The van der Waals surface area contributed by atoms with Crippen LogP contribution in [-0.4, -0.2) is 38.1 Å². The van der Waals surface area contributed by atoms with Gasteiger partial charge in [0.1, 0.15) is 0 Å². The molecule has 0 aromatic heterocycles. The number of hydrogen-bond donors (Lipinski definition) is 0. The Kier molecular flexibility index (Phi) is 5.84. The minimum Gasteiger partial charge on any atom is -0.465 e. The molecule has 0 aromatic rings. The quantitative estimate of drug-likeness (QED) is 0.441. The van der Waals surface area contributed by atoms with E-state index in [0.717, 1.165) is 12.8 Å². The number of esters is 1. The molecule has 0 unspecified atom stereocenters. The van der Waals surface area contributed by atoms with E-state index in [0.29, 0.717) is 13.2 Å². The lowest BCUT2D eigenvalue weighted by Crippen LogP contribution is -2.23. The van der Waals surface area contributed by atoms with Gasteiger partial charge < -0.3 is 4.74 Å². The SMILES string of the molecule is CCCCOC(=O)CN(C)C. The number of carbonyl (C=O) groups is 1. The van der Waals surface area contributed by atoms with Gasteiger partial charge in [-0.25, -0.2) is 0 Å². The number of rotatable bonds is 5. The Bertz CT molecular complexity index is 113. The van der Waals surface area contributed by atoms with Crippen LogP contribution in [0, 0.1) is 0 Å². The fraction of sp³-hybridized carbons (Fsp3) is 0.875. The average molecular weight is 159 g/mol. The van der Waals surface area contributed by atoms with Crippen molar-refractivity contribution >= 4 is 5.97 Å². The summed E-state index contributed by atoms with van der Waals surface area (Å²) < 4.78 is 4.91. The molecule has 3 nitrogen and oxygen atoms in total. The van der Waals surface area contributed by atoms with E-state index in [-0.39, 0.29) is 5.97 Å². The zero-order valence-electron chi connectivity index (χ0n) is 7.59. The number of nitrogens with zero attached hydrogens (tertiary/aromatic N) is 1. The van der Waals surface area contributed by atoms with Gasteiger partial charge in [0.2, 0.25) is 0 Å². The van der Waals surface area contributed by atoms with Crippen LogP contribution in [0.3, 0.4) is 0 Å². The van der Waals surface area contributed by atoms with E-state index in [9.17, 15) is 4.79 Å². The summed E-state index contributed by atoms with van der Waals surface area (Å²) in [5.41, 5.74) is 0. The lowest BCUT2D eigenvalue weighted by atomic mass is 10.4. The summed E-state index contributed by atoms with van der Waals surface area (Å²) in [6.45, 7) is 3.01. The second kappa shape index (κ2) is 6.16. The van der Waals surface area contributed by atoms with Crippen molar-refractivity contribution in [3.05, 3.63) is 0 Å². The molecule has 0 rings (SSSR count). The molecule has 0 bridgehead atoms. The van der Waals surface area contributed by atoms with Gasteiger partial charge in [-0.15, -0.1) is 0 Å². The highest BCUT2D eigenvalue weighted by molar-refractivity contribution is 5.71. The van der Waals surface area contributed by atoms with Crippen LogP contribution in [0.1, 0.15) is 19.8 Å². The van der Waals surface area contributed by atoms with E-state index in [1.165, 1.54) is 0 Å². The van der Waals surface area contributed by atoms with Gasteiger partial charge >= 0.3 is 5.97 Å². The summed E-state index contributed by atoms with van der Waals surface area (Å²) in [5, 5.41) is 0. The molecular weight excluding hydrogens is 142 g/mol. The Labute approximate surface area is 68.3 Å². The molecule has 0 aliphatic carbocycles. The molecule has 66 valence electrons. The van der Waals surface area contributed by atoms with Gasteiger partial charge in [-0.1, -0.05) is 13.3 Å². The highest BCUT2D eigenvalue weighted by Crippen LogP contribution is 1.89. The van der Waals surface area contributed by atoms with Crippen LogP contribution in [0.15, 0.2) is 0 Å². The first-order valence-electron chi connectivity index (χ1n) is 3.97. The third kappa shape index (κ3) is 7.33. The van der Waals surface area contributed by atoms with E-state index in [2.05, 4.69) is 6.92 Å². The molecular formula is C8H17NO2. The monoisotopic (exact) mass is 159 g/mol. The zero-order chi connectivity index (χ0) is 8.69. The average Bonchev–Trinajstić information content (AvgIpc) is 1.86. The van der Waals surface area contributed by atoms with Crippen molar-refractivity contribution in [3.8, 4) is 0 Å². The van der Waals surface area contributed by atoms with Gasteiger partial charge in [0, 0.05) is 0 Å². The Balaban J connectivity index is 3.23. The smallest absolute Gasteiger partial charge is 0.320 e. The molecule has 0 aliphatic rings. The molecule has 0 heterocycles. The van der Waals surface area contributed by atoms with E-state index in [4.69, 9.17) is 4.74 Å². The molecule has 0 radical (unpaired) electrons. The Hall–Kier alpha value is -0.570. The van der Waals surface area contributed by atoms with Crippen LogP contribution in [0.4, 0.5) is 0 Å². The second-order valence-electron chi connectivity index (χ2n) is 2.81. The van der Waals surface area contributed by atoms with Crippen molar-refractivity contribution in [2.24, 2.45) is 0 Å². The molecule has 0 atom stereocenters. The Morgan fingerprint density at radius 2 is 2.09 bits per heavy atom. The Morgan fingerprint density at radius 3 is 2.55 bits per heavy atom. The summed E-state index contributed by atoms with van der Waals surface area (Å²) in [5.74, 6) is -0.136. The van der Waals surface area contributed by atoms with Crippen LogP contribution in [-0.2, 0) is 9.53 Å². The first-order valence-corrected chi connectivity index (χ1v) is 3.97. The van der Waals surface area contributed by atoms with Crippen LogP contribution in [0.5, 0.6) is 0 Å². The topological polar surface area (TPSA) is 29.5 Å². The summed E-state index contributed by atoms with van der Waals surface area (Å²) in [6, 6.07) is 0. The van der Waals surface area contributed by atoms with Crippen molar-refractivity contribution in [1.29, 1.82) is 0 Å². The van der Waals surface area contributed by atoms with Crippen molar-refractivity contribution in [3.63, 3.8) is 0 Å². The lowest BCUT2D eigenvalue weighted by Gasteiger charge is -2.08. The van der Waals surface area contributed by atoms with Crippen molar-refractivity contribution in [2.45, 2.75) is 19.8 Å². The summed E-state index contributed by atoms with van der Waals surface area (Å²) in [6.07, 6.45) is 2.02. The van der Waals surface area contributed by atoms with Gasteiger partial charge in [-0.05, 0) is 20.5 Å². The van der Waals surface area contributed by atoms with Crippen molar-refractivity contribution < 1.29 is 9.53 Å². The van der Waals surface area contributed by atoms with Crippen LogP contribution >= 0.6 is 0 Å². The van der Waals surface area contributed by atoms with E-state index in [1.807, 2.05) is 14.1 Å². The first kappa shape index (κ1) is 10.4. The summed E-state index contributed by atoms with van der Waals surface area (Å²) >= 11 is 0. The van der Waals surface area contributed by atoms with Crippen LogP contribution in [0.25, 0.3) is 0 Å². The Morgan fingerprint density at radius 1 is 1.45 bits per heavy atom. The first-order chi connectivity index (χ1) is 5.16. The maximum atomic E-state index is 10.9. The predicted octanol–water partition coefficient (Wildman–Crippen LogP) is 0.891. The summed E-state index contributed by atoms with van der Waals surface area (Å²) in [7, 11) is 3.70. The molecule has 0 aliphatic heterocycles. The standard InChI is InChI=1S/C8H17NO2/c1-4-5-6-11-8(10)7-9(2)3/h4-7H2,1-3H3. The van der Waals surface area contributed by atoms with E-state index in [1.54, 1.807) is 4.90 Å². The molecule has 0 amide bonds. The van der Waals surface area contributed by atoms with Crippen molar-refractivity contribution in [2.75, 3.05) is 27.2 Å². The van der Waals surface area contributed by atoms with E-state index < -0.39 is 0 Å². The molecule has 3 heteroatoms. The number of hydrogen-bond acceptors (Lipinski definition) is 3. The fourth-order valence-electron chi connectivity index (χ4n) is 0.634. The third-order valence-electron chi connectivity index (χ3n) is 1.21. The van der Waals surface area contributed by atoms with Crippen LogP contribution < -0.4 is 0 Å². The number of unbranched alkanes of at least 4 members (excludes halogenated alkanes) is 1. The normalized spacial score (nSPS) is 10.2. The minimum absolute atomic E-state index is 0.136. The molecule has 11 heavy (non-hydrogen) atoms. The van der Waals surface area contributed by atoms with E-state index >= 15 is 0 Å². The predicted molar refractivity (Wildman–Crippen MR) is 44.4 cm³/mol. The number of likely N-dealkylation sites (N-methyl/N-ethyl adjacent to an activating group) is 1. The second-order valence-corrected chi connectivity index (χ2v) is 2.81. The molecule has 0 N–H and O–H groups in total. The fourth-order valence-corrected chi connectivity index (χ4v) is 0.634. The number of carbonyl (C=O) groups excluding carboxylic acids is 1. The largest absolute Gasteiger partial charge is 0.465 e. The van der Waals surface area contributed by atoms with Gasteiger partial charge in [-0.2, -0.15) is 0 Å². The minimum atomic E-state index is -0.136. The van der Waals surface area contributed by atoms with Gasteiger partial charge in [-0.3, -0.25) is 9.69 Å². The van der Waals surface area contributed by atoms with Gasteiger partial charge in [0.05, 0.1) is 13.2 Å². The lowest BCUT2D eigenvalue weighted by molar-refractivity contribution is -0.144. The highest BCUT2D eigenvalue weighted by Gasteiger charge is 2.02. The molecule has 0 aromatic carbocycles. The number of ether oxygens (including phenoxy) is 1. The molecule has 0 fully saturated rings. The van der Waals surface area contributed by atoms with Crippen LogP contribution in [0.2, 0.25) is 0 Å². The van der Waals surface area contributed by atoms with Gasteiger partial charge in [0.25, 0.3) is 0 Å². The zero-order valence-corrected chi connectivity index (χ0v) is 7.59. The maximum Gasteiger partial charge on any atom is 0.320 e. The summed E-state index contributed by atoms with van der Waals surface area (Å²) in [4.78, 5) is 12.7.